The molecule has 1 amide bonds. The molecular formula is C14H19NO2. The molecule has 3 nitrogen and oxygen atoms in total. The number of carbonyl (C=O) groups is 1. The van der Waals surface area contributed by atoms with E-state index in [4.69, 9.17) is 4.74 Å². The molecule has 0 radical (unpaired) electrons. The number of benzene rings is 1. The summed E-state index contributed by atoms with van der Waals surface area (Å²) in [6, 6.07) is 9.44. The second-order valence-electron chi connectivity index (χ2n) is 4.40. The van der Waals surface area contributed by atoms with Crippen LogP contribution in [0, 0.1) is 0 Å². The van der Waals surface area contributed by atoms with E-state index in [0.29, 0.717) is 0 Å². The molecule has 0 saturated carbocycles. The Bertz CT molecular complexity index is 364. The number of carbonyl (C=O) groups excluding carboxylic acids is 1. The van der Waals surface area contributed by atoms with E-state index in [0.717, 1.165) is 31.4 Å². The molecule has 0 aromatic heterocycles. The molecule has 1 saturated heterocycles. The standard InChI is InChI=1S/C14H19NO2/c1-17-13-10-6-3-7-11-15(13)14(16)12-8-4-2-5-9-12/h2,4-5,8-9,13H,3,6-7,10-11H2,1H3. The second-order valence-corrected chi connectivity index (χ2v) is 4.40. The Balaban J connectivity index is 2.16. The summed E-state index contributed by atoms with van der Waals surface area (Å²) in [4.78, 5) is 14.2. The lowest BCUT2D eigenvalue weighted by atomic mass is 10.2. The van der Waals surface area contributed by atoms with Crippen LogP contribution in [0.2, 0.25) is 0 Å². The Kier molecular flexibility index (Phi) is 4.15. The number of ether oxygens (including phenoxy) is 1. The molecule has 17 heavy (non-hydrogen) atoms. The molecule has 1 aromatic rings. The zero-order valence-corrected chi connectivity index (χ0v) is 10.3. The topological polar surface area (TPSA) is 29.5 Å². The maximum atomic E-state index is 12.4. The van der Waals surface area contributed by atoms with Crippen LogP contribution in [-0.4, -0.2) is 30.7 Å². The van der Waals surface area contributed by atoms with Crippen molar-refractivity contribution in [1.82, 2.24) is 4.90 Å². The van der Waals surface area contributed by atoms with Crippen LogP contribution in [0.25, 0.3) is 0 Å². The van der Waals surface area contributed by atoms with Crippen molar-refractivity contribution >= 4 is 5.91 Å². The zero-order valence-electron chi connectivity index (χ0n) is 10.3. The highest BCUT2D eigenvalue weighted by Gasteiger charge is 2.25. The molecular weight excluding hydrogens is 214 g/mol. The first-order valence-electron chi connectivity index (χ1n) is 6.22. The summed E-state index contributed by atoms with van der Waals surface area (Å²) < 4.78 is 5.43. The molecule has 1 aliphatic heterocycles. The third-order valence-electron chi connectivity index (χ3n) is 3.25. The van der Waals surface area contributed by atoms with Gasteiger partial charge in [-0.2, -0.15) is 0 Å². The predicted octanol–water partition coefficient (Wildman–Crippen LogP) is 2.68. The molecule has 0 spiro atoms. The number of likely N-dealkylation sites (tertiary alicyclic amines) is 1. The van der Waals surface area contributed by atoms with Crippen LogP contribution in [0.15, 0.2) is 30.3 Å². The lowest BCUT2D eigenvalue weighted by Crippen LogP contribution is -2.41. The van der Waals surface area contributed by atoms with E-state index in [1.165, 1.54) is 6.42 Å². The van der Waals surface area contributed by atoms with Crippen LogP contribution in [0.5, 0.6) is 0 Å². The molecule has 0 aliphatic carbocycles. The summed E-state index contributed by atoms with van der Waals surface area (Å²) in [7, 11) is 1.68. The average Bonchev–Trinajstić information content (AvgIpc) is 2.64. The highest BCUT2D eigenvalue weighted by molar-refractivity contribution is 5.94. The van der Waals surface area contributed by atoms with Gasteiger partial charge in [0.1, 0.15) is 6.23 Å². The monoisotopic (exact) mass is 233 g/mol. The first-order chi connectivity index (χ1) is 8.33. The molecule has 1 aliphatic rings. The van der Waals surface area contributed by atoms with Crippen molar-refractivity contribution < 1.29 is 9.53 Å². The lowest BCUT2D eigenvalue weighted by molar-refractivity contribution is -0.0203. The molecule has 0 bridgehead atoms. The van der Waals surface area contributed by atoms with Crippen LogP contribution >= 0.6 is 0 Å². The minimum Gasteiger partial charge on any atom is -0.362 e. The Morgan fingerprint density at radius 2 is 2.00 bits per heavy atom. The van der Waals surface area contributed by atoms with Crippen molar-refractivity contribution in [3.63, 3.8) is 0 Å². The minimum absolute atomic E-state index is 0.0646. The van der Waals surface area contributed by atoms with E-state index < -0.39 is 0 Å². The van der Waals surface area contributed by atoms with E-state index in [9.17, 15) is 4.79 Å². The molecule has 1 atom stereocenters. The molecule has 1 fully saturated rings. The van der Waals surface area contributed by atoms with Gasteiger partial charge in [-0.25, -0.2) is 0 Å². The van der Waals surface area contributed by atoms with Crippen molar-refractivity contribution in [2.24, 2.45) is 0 Å². The molecule has 3 heteroatoms. The third-order valence-corrected chi connectivity index (χ3v) is 3.25. The van der Waals surface area contributed by atoms with Crippen molar-refractivity contribution in [3.8, 4) is 0 Å². The summed E-state index contributed by atoms with van der Waals surface area (Å²) in [6.45, 7) is 0.798. The SMILES string of the molecule is COC1CCCCCN1C(=O)c1ccccc1. The van der Waals surface area contributed by atoms with Crippen LogP contribution in [0.4, 0.5) is 0 Å². The summed E-state index contributed by atoms with van der Waals surface area (Å²) in [5, 5.41) is 0. The Hall–Kier alpha value is -1.35. The van der Waals surface area contributed by atoms with E-state index >= 15 is 0 Å². The summed E-state index contributed by atoms with van der Waals surface area (Å²) >= 11 is 0. The fraction of sp³-hybridized carbons (Fsp3) is 0.500. The fourth-order valence-electron chi connectivity index (χ4n) is 2.30. The summed E-state index contributed by atoms with van der Waals surface area (Å²) in [6.07, 6.45) is 4.26. The normalized spacial score (nSPS) is 21.0. The van der Waals surface area contributed by atoms with Crippen LogP contribution in [0.3, 0.4) is 0 Å². The van der Waals surface area contributed by atoms with Crippen molar-refractivity contribution in [2.75, 3.05) is 13.7 Å². The molecule has 1 heterocycles. The number of methoxy groups -OCH3 is 1. The highest BCUT2D eigenvalue weighted by atomic mass is 16.5. The van der Waals surface area contributed by atoms with Gasteiger partial charge in [-0.1, -0.05) is 24.6 Å². The average molecular weight is 233 g/mol. The number of nitrogens with zero attached hydrogens (tertiary/aromatic N) is 1. The lowest BCUT2D eigenvalue weighted by Gasteiger charge is -2.28. The number of hydrogen-bond acceptors (Lipinski definition) is 2. The van der Waals surface area contributed by atoms with E-state index in [-0.39, 0.29) is 12.1 Å². The quantitative estimate of drug-likeness (QED) is 0.786. The smallest absolute Gasteiger partial charge is 0.255 e. The molecule has 92 valence electrons. The predicted molar refractivity (Wildman–Crippen MR) is 66.7 cm³/mol. The first kappa shape index (κ1) is 12.1. The third kappa shape index (κ3) is 2.86. The van der Waals surface area contributed by atoms with Gasteiger partial charge in [-0.15, -0.1) is 0 Å². The highest BCUT2D eigenvalue weighted by Crippen LogP contribution is 2.19. The van der Waals surface area contributed by atoms with Crippen molar-refractivity contribution in [3.05, 3.63) is 35.9 Å². The van der Waals surface area contributed by atoms with Gasteiger partial charge in [0, 0.05) is 19.2 Å². The number of rotatable bonds is 2. The summed E-state index contributed by atoms with van der Waals surface area (Å²) in [5.41, 5.74) is 0.747. The van der Waals surface area contributed by atoms with E-state index in [1.807, 2.05) is 35.2 Å². The van der Waals surface area contributed by atoms with Gasteiger partial charge in [0.05, 0.1) is 0 Å². The molecule has 1 unspecified atom stereocenters. The van der Waals surface area contributed by atoms with E-state index in [2.05, 4.69) is 0 Å². The van der Waals surface area contributed by atoms with Crippen LogP contribution in [0.1, 0.15) is 36.0 Å². The van der Waals surface area contributed by atoms with E-state index in [1.54, 1.807) is 7.11 Å². The second kappa shape index (κ2) is 5.82. The maximum absolute atomic E-state index is 12.4. The van der Waals surface area contributed by atoms with Crippen molar-refractivity contribution in [1.29, 1.82) is 0 Å². The maximum Gasteiger partial charge on any atom is 0.255 e. The van der Waals surface area contributed by atoms with Gasteiger partial charge in [0.2, 0.25) is 0 Å². The Morgan fingerprint density at radius 3 is 2.71 bits per heavy atom. The zero-order chi connectivity index (χ0) is 12.1. The van der Waals surface area contributed by atoms with Gasteiger partial charge < -0.3 is 9.64 Å². The van der Waals surface area contributed by atoms with Gasteiger partial charge in [0.25, 0.3) is 5.91 Å². The molecule has 2 rings (SSSR count). The number of amides is 1. The summed E-state index contributed by atoms with van der Waals surface area (Å²) in [5.74, 6) is 0.0827. The van der Waals surface area contributed by atoms with Gasteiger partial charge in [0.15, 0.2) is 0 Å². The largest absolute Gasteiger partial charge is 0.362 e. The van der Waals surface area contributed by atoms with Gasteiger partial charge in [-0.3, -0.25) is 4.79 Å². The molecule has 0 N–H and O–H groups in total. The van der Waals surface area contributed by atoms with Gasteiger partial charge in [-0.05, 0) is 31.4 Å². The van der Waals surface area contributed by atoms with Gasteiger partial charge >= 0.3 is 0 Å². The Labute approximate surface area is 102 Å². The minimum atomic E-state index is -0.0646. The fourth-order valence-corrected chi connectivity index (χ4v) is 2.30. The molecule has 1 aromatic carbocycles. The Morgan fingerprint density at radius 1 is 1.24 bits per heavy atom. The number of hydrogen-bond donors (Lipinski definition) is 0. The van der Waals surface area contributed by atoms with Crippen LogP contribution < -0.4 is 0 Å². The van der Waals surface area contributed by atoms with Crippen molar-refractivity contribution in [2.45, 2.75) is 31.9 Å². The first-order valence-corrected chi connectivity index (χ1v) is 6.22. The van der Waals surface area contributed by atoms with Crippen LogP contribution in [-0.2, 0) is 4.74 Å².